The zero-order valence-electron chi connectivity index (χ0n) is 17.8. The van der Waals surface area contributed by atoms with Gasteiger partial charge >= 0.3 is 0 Å². The third kappa shape index (κ3) is 3.62. The van der Waals surface area contributed by atoms with Crippen molar-refractivity contribution in [1.29, 1.82) is 0 Å². The number of aromatic nitrogens is 1. The highest BCUT2D eigenvalue weighted by atomic mass is 28.2. The second kappa shape index (κ2) is 8.36. The second-order valence-corrected chi connectivity index (χ2v) is 8.75. The molecular weight excluding hydrogens is 398 g/mol. The minimum absolute atomic E-state index is 0.0440. The molecule has 31 heavy (non-hydrogen) atoms. The van der Waals surface area contributed by atoms with Crippen molar-refractivity contribution in [3.05, 3.63) is 95.8 Å². The lowest BCUT2D eigenvalue weighted by Gasteiger charge is -2.39. The molecule has 5 heteroatoms. The van der Waals surface area contributed by atoms with E-state index in [1.165, 1.54) is 11.3 Å². The minimum atomic E-state index is 0.0440. The van der Waals surface area contributed by atoms with E-state index in [4.69, 9.17) is 9.40 Å². The van der Waals surface area contributed by atoms with E-state index in [-0.39, 0.29) is 9.12 Å². The molecule has 0 spiro atoms. The first-order chi connectivity index (χ1) is 15.3. The van der Waals surface area contributed by atoms with Gasteiger partial charge in [-0.05, 0) is 49.8 Å². The normalized spacial score (nSPS) is 14.6. The summed E-state index contributed by atoms with van der Waals surface area (Å²) in [5.74, 6) is 1.84. The average Bonchev–Trinajstić information content (AvgIpc) is 3.23. The lowest BCUT2D eigenvalue weighted by molar-refractivity contribution is 0.376. The Morgan fingerprint density at radius 2 is 1.74 bits per heavy atom. The second-order valence-electron chi connectivity index (χ2n) is 7.48. The molecule has 1 aliphatic heterocycles. The molecule has 4 aromatic rings. The molecule has 0 bridgehead atoms. The molecule has 2 aromatic carbocycles. The molecule has 0 unspecified atom stereocenters. The molecule has 0 atom stereocenters. The van der Waals surface area contributed by atoms with Gasteiger partial charge in [0.2, 0.25) is 5.89 Å². The van der Waals surface area contributed by atoms with E-state index < -0.39 is 0 Å². The van der Waals surface area contributed by atoms with Crippen molar-refractivity contribution in [3.8, 4) is 0 Å². The Balaban J connectivity index is 1.71. The summed E-state index contributed by atoms with van der Waals surface area (Å²) in [5.41, 5.74) is 7.70. The summed E-state index contributed by atoms with van der Waals surface area (Å²) in [7, 11) is 0.0440. The quantitative estimate of drug-likeness (QED) is 0.381. The first kappa shape index (κ1) is 19.5. The molecule has 0 N–H and O–H groups in total. The molecule has 0 saturated heterocycles. The van der Waals surface area contributed by atoms with Gasteiger partial charge in [0.25, 0.3) is 0 Å². The Morgan fingerprint density at radius 1 is 0.968 bits per heavy atom. The van der Waals surface area contributed by atoms with Crippen molar-refractivity contribution in [2.24, 2.45) is 0 Å². The van der Waals surface area contributed by atoms with Gasteiger partial charge in [0.05, 0.1) is 19.9 Å². The number of oxazole rings is 1. The van der Waals surface area contributed by atoms with E-state index in [1.807, 2.05) is 6.07 Å². The molecule has 0 saturated carbocycles. The number of allylic oxidation sites excluding steroid dienone is 2. The summed E-state index contributed by atoms with van der Waals surface area (Å²) in [5, 5.41) is 1.08. The zero-order chi connectivity index (χ0) is 21.2. The van der Waals surface area contributed by atoms with Gasteiger partial charge in [-0.3, -0.25) is 4.90 Å². The van der Waals surface area contributed by atoms with Crippen molar-refractivity contribution in [2.75, 3.05) is 18.0 Å². The van der Waals surface area contributed by atoms with Crippen LogP contribution in [0.3, 0.4) is 0 Å². The van der Waals surface area contributed by atoms with E-state index in [0.29, 0.717) is 5.89 Å². The van der Waals surface area contributed by atoms with E-state index >= 15 is 0 Å². The van der Waals surface area contributed by atoms with Gasteiger partial charge in [0.15, 0.2) is 0 Å². The Labute approximate surface area is 184 Å². The van der Waals surface area contributed by atoms with Crippen LogP contribution in [0.1, 0.15) is 25.3 Å². The third-order valence-corrected chi connectivity index (χ3v) is 6.80. The van der Waals surface area contributed by atoms with Crippen LogP contribution in [0.15, 0.2) is 88.7 Å². The number of nitrogens with zero attached hydrogens (tertiary/aromatic N) is 3. The van der Waals surface area contributed by atoms with Crippen molar-refractivity contribution < 1.29 is 4.42 Å². The van der Waals surface area contributed by atoms with Crippen LogP contribution in [0.4, 0.5) is 11.4 Å². The lowest BCUT2D eigenvalue weighted by atomic mass is 9.97. The van der Waals surface area contributed by atoms with Crippen molar-refractivity contribution in [3.63, 3.8) is 0 Å². The zero-order valence-corrected chi connectivity index (χ0v) is 19.0. The Hall–Kier alpha value is -3.44. The topological polar surface area (TPSA) is 32.5 Å². The van der Waals surface area contributed by atoms with Crippen LogP contribution in [-0.4, -0.2) is 32.1 Å². The van der Waals surface area contributed by atoms with Crippen LogP contribution in [0.5, 0.6) is 0 Å². The van der Waals surface area contributed by atoms with Crippen molar-refractivity contribution in [1.82, 2.24) is 9.88 Å². The van der Waals surface area contributed by atoms with E-state index in [2.05, 4.69) is 102 Å². The van der Waals surface area contributed by atoms with Crippen LogP contribution in [-0.2, 0) is 0 Å². The Morgan fingerprint density at radius 3 is 2.52 bits per heavy atom. The molecule has 2 aromatic heterocycles. The molecule has 5 rings (SSSR count). The van der Waals surface area contributed by atoms with Crippen LogP contribution >= 0.6 is 0 Å². The van der Waals surface area contributed by atoms with Gasteiger partial charge < -0.3 is 9.32 Å². The lowest BCUT2D eigenvalue weighted by Crippen LogP contribution is -2.34. The van der Waals surface area contributed by atoms with Crippen LogP contribution < -0.4 is 4.90 Å². The van der Waals surface area contributed by atoms with E-state index in [0.717, 1.165) is 40.9 Å². The highest BCUT2D eigenvalue weighted by Gasteiger charge is 2.26. The minimum Gasteiger partial charge on any atom is -0.437 e. The van der Waals surface area contributed by atoms with Gasteiger partial charge in [0.1, 0.15) is 11.4 Å². The van der Waals surface area contributed by atoms with Crippen LogP contribution in [0, 0.1) is 0 Å². The number of benzene rings is 2. The summed E-state index contributed by atoms with van der Waals surface area (Å²) in [6, 6.07) is 23.2. The summed E-state index contributed by atoms with van der Waals surface area (Å²) < 4.78 is 6.05. The summed E-state index contributed by atoms with van der Waals surface area (Å²) >= 11 is 0. The standard InChI is InChI=1S/C26H25N3OSi/c1-3-28(4-2)25-18-19(17-24-27-26-23(30-24)15-10-16-31-26)21-13-8-9-14-22(21)29(25)20-11-6-5-7-12-20/h5-18,31H,3-4H2,1-2H3/b19-17+. The monoisotopic (exact) mass is 423 g/mol. The number of hydrogen-bond donors (Lipinski definition) is 0. The maximum absolute atomic E-state index is 6.05. The average molecular weight is 424 g/mol. The fourth-order valence-electron chi connectivity index (χ4n) is 4.15. The smallest absolute Gasteiger partial charge is 0.220 e. The summed E-state index contributed by atoms with van der Waals surface area (Å²) in [4.78, 5) is 9.50. The first-order valence-electron chi connectivity index (χ1n) is 10.8. The predicted octanol–water partition coefficient (Wildman–Crippen LogP) is 5.77. The van der Waals surface area contributed by atoms with Gasteiger partial charge in [-0.15, -0.1) is 0 Å². The highest BCUT2D eigenvalue weighted by Crippen LogP contribution is 2.42. The van der Waals surface area contributed by atoms with Crippen LogP contribution in [0.2, 0.25) is 0 Å². The molecule has 0 radical (unpaired) electrons. The predicted molar refractivity (Wildman–Crippen MR) is 131 cm³/mol. The first-order valence-corrected chi connectivity index (χ1v) is 12.0. The molecule has 4 nitrogen and oxygen atoms in total. The maximum atomic E-state index is 6.05. The van der Waals surface area contributed by atoms with E-state index in [9.17, 15) is 0 Å². The van der Waals surface area contributed by atoms with Gasteiger partial charge in [-0.2, -0.15) is 0 Å². The van der Waals surface area contributed by atoms with Gasteiger partial charge in [0, 0.05) is 30.4 Å². The molecule has 0 fully saturated rings. The molecular formula is C26H25N3OSi. The highest BCUT2D eigenvalue weighted by molar-refractivity contribution is 6.44. The fourth-order valence-corrected chi connectivity index (χ4v) is 5.08. The fraction of sp³-hybridized carbons (Fsp3) is 0.154. The van der Waals surface area contributed by atoms with Crippen molar-refractivity contribution in [2.45, 2.75) is 13.8 Å². The largest absolute Gasteiger partial charge is 0.437 e. The third-order valence-electron chi connectivity index (χ3n) is 5.66. The molecule has 1 aliphatic rings. The van der Waals surface area contributed by atoms with Crippen molar-refractivity contribution >= 4 is 42.9 Å². The molecule has 3 heterocycles. The van der Waals surface area contributed by atoms with Crippen LogP contribution in [0.25, 0.3) is 22.4 Å². The Bertz CT molecular complexity index is 1240. The molecule has 154 valence electrons. The number of para-hydroxylation sites is 2. The Kier molecular flexibility index (Phi) is 5.26. The van der Waals surface area contributed by atoms with Gasteiger partial charge in [-0.1, -0.05) is 48.1 Å². The number of fused-ring (bicyclic) bond motifs is 2. The summed E-state index contributed by atoms with van der Waals surface area (Å²) in [6.07, 6.45) is 4.34. The number of hydrogen-bond acceptors (Lipinski definition) is 4. The summed E-state index contributed by atoms with van der Waals surface area (Å²) in [6.45, 7) is 6.26. The van der Waals surface area contributed by atoms with Gasteiger partial charge in [-0.25, -0.2) is 4.98 Å². The number of rotatable bonds is 5. The molecule has 0 amide bonds. The van der Waals surface area contributed by atoms with E-state index in [1.54, 1.807) is 0 Å². The maximum Gasteiger partial charge on any atom is 0.220 e. The number of anilines is 2. The molecule has 0 aliphatic carbocycles. The SMILES string of the molecule is CCN(CC)C1=C/C(=C\c2nc3[siH]cccc3o2)c2ccccc2N1c1ccccc1.